The van der Waals surface area contributed by atoms with Crippen LogP contribution in [0.5, 0.6) is 0 Å². The first kappa shape index (κ1) is 9.90. The zero-order valence-electron chi connectivity index (χ0n) is 8.31. The summed E-state index contributed by atoms with van der Waals surface area (Å²) in [6, 6.07) is 8.47. The Hall–Kier alpha value is -1.64. The fourth-order valence-electron chi connectivity index (χ4n) is 1.25. The molecule has 0 radical (unpaired) electrons. The quantitative estimate of drug-likeness (QED) is 0.427. The average Bonchev–Trinajstić information content (AvgIpc) is 3.10. The van der Waals surface area contributed by atoms with Crippen molar-refractivity contribution in [2.75, 3.05) is 6.61 Å². The van der Waals surface area contributed by atoms with Crippen LogP contribution in [0.25, 0.3) is 0 Å². The number of carbonyl (C=O) groups is 2. The van der Waals surface area contributed by atoms with Crippen LogP contribution in [0, 0.1) is 5.92 Å². The molecule has 0 heterocycles. The minimum atomic E-state index is -0.742. The normalized spacial score (nSPS) is 14.7. The molecule has 1 aromatic rings. The van der Waals surface area contributed by atoms with E-state index in [0.717, 1.165) is 12.8 Å². The van der Waals surface area contributed by atoms with Crippen molar-refractivity contribution in [3.05, 3.63) is 35.9 Å². The summed E-state index contributed by atoms with van der Waals surface area (Å²) in [7, 11) is 0. The number of ether oxygens (including phenoxy) is 1. The van der Waals surface area contributed by atoms with Gasteiger partial charge in [0, 0.05) is 5.56 Å². The highest BCUT2D eigenvalue weighted by molar-refractivity contribution is 6.40. The summed E-state index contributed by atoms with van der Waals surface area (Å²) in [6.07, 6.45) is 2.21. The van der Waals surface area contributed by atoms with Crippen LogP contribution in [0.3, 0.4) is 0 Å². The maximum absolute atomic E-state index is 11.5. The van der Waals surface area contributed by atoms with Gasteiger partial charge >= 0.3 is 5.97 Å². The van der Waals surface area contributed by atoms with Gasteiger partial charge < -0.3 is 4.74 Å². The molecule has 2 rings (SSSR count). The van der Waals surface area contributed by atoms with Crippen LogP contribution in [0.4, 0.5) is 0 Å². The molecule has 0 amide bonds. The van der Waals surface area contributed by atoms with Crippen molar-refractivity contribution in [1.29, 1.82) is 0 Å². The summed E-state index contributed by atoms with van der Waals surface area (Å²) < 4.78 is 4.89. The Labute approximate surface area is 88.1 Å². The molecule has 0 atom stereocenters. The Morgan fingerprint density at radius 2 is 1.87 bits per heavy atom. The van der Waals surface area contributed by atoms with Crippen LogP contribution in [0.1, 0.15) is 23.2 Å². The second-order valence-corrected chi connectivity index (χ2v) is 3.74. The van der Waals surface area contributed by atoms with Crippen LogP contribution in [0.15, 0.2) is 30.3 Å². The Bertz CT molecular complexity index is 366. The van der Waals surface area contributed by atoms with Gasteiger partial charge in [-0.3, -0.25) is 4.79 Å². The molecule has 0 N–H and O–H groups in total. The first-order valence-electron chi connectivity index (χ1n) is 5.04. The second-order valence-electron chi connectivity index (χ2n) is 3.74. The van der Waals surface area contributed by atoms with Crippen molar-refractivity contribution in [3.63, 3.8) is 0 Å². The van der Waals surface area contributed by atoms with Gasteiger partial charge in [-0.1, -0.05) is 30.3 Å². The van der Waals surface area contributed by atoms with Crippen LogP contribution < -0.4 is 0 Å². The molecule has 0 unspecified atom stereocenters. The van der Waals surface area contributed by atoms with Gasteiger partial charge in [0.15, 0.2) is 0 Å². The summed E-state index contributed by atoms with van der Waals surface area (Å²) in [4.78, 5) is 22.8. The molecule has 1 aliphatic rings. The Morgan fingerprint density at radius 3 is 2.47 bits per heavy atom. The lowest BCUT2D eigenvalue weighted by molar-refractivity contribution is -0.138. The molecule has 1 saturated carbocycles. The maximum atomic E-state index is 11.5. The van der Waals surface area contributed by atoms with Crippen molar-refractivity contribution >= 4 is 11.8 Å². The highest BCUT2D eigenvalue weighted by Crippen LogP contribution is 2.28. The zero-order valence-corrected chi connectivity index (χ0v) is 8.31. The second kappa shape index (κ2) is 4.26. The molecule has 0 spiro atoms. The highest BCUT2D eigenvalue weighted by atomic mass is 16.5. The van der Waals surface area contributed by atoms with Gasteiger partial charge in [0.25, 0.3) is 5.78 Å². The molecule has 15 heavy (non-hydrogen) atoms. The van der Waals surface area contributed by atoms with Crippen LogP contribution in [0.2, 0.25) is 0 Å². The third kappa shape index (κ3) is 2.65. The number of benzene rings is 1. The number of hydrogen-bond acceptors (Lipinski definition) is 3. The van der Waals surface area contributed by atoms with Crippen molar-refractivity contribution in [3.8, 4) is 0 Å². The number of hydrogen-bond donors (Lipinski definition) is 0. The molecule has 0 saturated heterocycles. The van der Waals surface area contributed by atoms with E-state index in [0.29, 0.717) is 18.1 Å². The number of carbonyl (C=O) groups excluding carboxylic acids is 2. The lowest BCUT2D eigenvalue weighted by Gasteiger charge is -2.02. The molecule has 0 aromatic heterocycles. The van der Waals surface area contributed by atoms with E-state index in [4.69, 9.17) is 4.74 Å². The standard InChI is InChI=1S/C12H12O3/c13-11(10-4-2-1-3-5-10)12(14)15-8-9-6-7-9/h1-5,9H,6-8H2. The molecule has 3 nitrogen and oxygen atoms in total. The summed E-state index contributed by atoms with van der Waals surface area (Å²) in [6.45, 7) is 0.386. The maximum Gasteiger partial charge on any atom is 0.379 e. The number of Topliss-reactive ketones (excluding diaryl/α,β-unsaturated/α-hetero) is 1. The van der Waals surface area contributed by atoms with E-state index in [1.165, 1.54) is 0 Å². The van der Waals surface area contributed by atoms with E-state index in [-0.39, 0.29) is 0 Å². The van der Waals surface area contributed by atoms with Crippen LogP contribution >= 0.6 is 0 Å². The van der Waals surface area contributed by atoms with Crippen molar-refractivity contribution in [2.45, 2.75) is 12.8 Å². The molecule has 1 fully saturated rings. The minimum absolute atomic E-state index is 0.386. The fourth-order valence-corrected chi connectivity index (χ4v) is 1.25. The Balaban J connectivity index is 1.91. The fraction of sp³-hybridized carbons (Fsp3) is 0.333. The molecule has 78 valence electrons. The first-order chi connectivity index (χ1) is 7.27. The Kier molecular flexibility index (Phi) is 2.81. The minimum Gasteiger partial charge on any atom is -0.459 e. The van der Waals surface area contributed by atoms with Crippen molar-refractivity contribution in [2.24, 2.45) is 5.92 Å². The van der Waals surface area contributed by atoms with E-state index >= 15 is 0 Å². The molecule has 0 bridgehead atoms. The van der Waals surface area contributed by atoms with Gasteiger partial charge in [0.05, 0.1) is 6.61 Å². The van der Waals surface area contributed by atoms with Crippen molar-refractivity contribution in [1.82, 2.24) is 0 Å². The first-order valence-corrected chi connectivity index (χ1v) is 5.04. The van der Waals surface area contributed by atoms with Crippen LogP contribution in [-0.4, -0.2) is 18.4 Å². The van der Waals surface area contributed by atoms with Crippen LogP contribution in [-0.2, 0) is 9.53 Å². The average molecular weight is 204 g/mol. The Morgan fingerprint density at radius 1 is 1.20 bits per heavy atom. The third-order valence-corrected chi connectivity index (χ3v) is 2.37. The molecular formula is C12H12O3. The summed E-state index contributed by atoms with van der Waals surface area (Å²) >= 11 is 0. The van der Waals surface area contributed by atoms with E-state index < -0.39 is 11.8 Å². The smallest absolute Gasteiger partial charge is 0.379 e. The van der Waals surface area contributed by atoms with E-state index in [1.54, 1.807) is 30.3 Å². The summed E-state index contributed by atoms with van der Waals surface area (Å²) in [5, 5.41) is 0. The van der Waals surface area contributed by atoms with Gasteiger partial charge in [-0.05, 0) is 18.8 Å². The topological polar surface area (TPSA) is 43.4 Å². The van der Waals surface area contributed by atoms with Crippen molar-refractivity contribution < 1.29 is 14.3 Å². The largest absolute Gasteiger partial charge is 0.459 e. The monoisotopic (exact) mass is 204 g/mol. The highest BCUT2D eigenvalue weighted by Gasteiger charge is 2.25. The van der Waals surface area contributed by atoms with Gasteiger partial charge in [-0.2, -0.15) is 0 Å². The molecule has 1 aliphatic carbocycles. The predicted octanol–water partition coefficient (Wildman–Crippen LogP) is 1.82. The lowest BCUT2D eigenvalue weighted by atomic mass is 10.1. The molecular weight excluding hydrogens is 192 g/mol. The SMILES string of the molecule is O=C(OCC1CC1)C(=O)c1ccccc1. The van der Waals surface area contributed by atoms with Gasteiger partial charge in [0.2, 0.25) is 0 Å². The van der Waals surface area contributed by atoms with E-state index in [1.807, 2.05) is 0 Å². The molecule has 0 aliphatic heterocycles. The predicted molar refractivity (Wildman–Crippen MR) is 54.5 cm³/mol. The van der Waals surface area contributed by atoms with Gasteiger partial charge in [0.1, 0.15) is 0 Å². The number of ketones is 1. The third-order valence-electron chi connectivity index (χ3n) is 2.37. The summed E-state index contributed by atoms with van der Waals surface area (Å²) in [5.41, 5.74) is 0.387. The number of esters is 1. The van der Waals surface area contributed by atoms with Gasteiger partial charge in [-0.15, -0.1) is 0 Å². The number of rotatable bonds is 4. The molecule has 3 heteroatoms. The van der Waals surface area contributed by atoms with Gasteiger partial charge in [-0.25, -0.2) is 4.79 Å². The summed E-state index contributed by atoms with van der Waals surface area (Å²) in [5.74, 6) is -0.818. The van der Waals surface area contributed by atoms with E-state index in [2.05, 4.69) is 0 Å². The lowest BCUT2D eigenvalue weighted by Crippen LogP contribution is -2.18. The van der Waals surface area contributed by atoms with E-state index in [9.17, 15) is 9.59 Å². The zero-order chi connectivity index (χ0) is 10.7. The molecule has 1 aromatic carbocycles.